The monoisotopic (exact) mass is 265 g/mol. The Hall–Kier alpha value is -1.61. The largest absolute Gasteiger partial charge is 0.506 e. The Kier molecular flexibility index (Phi) is 3.53. The molecule has 0 saturated heterocycles. The van der Waals surface area contributed by atoms with Gasteiger partial charge in [0.15, 0.2) is 0 Å². The van der Waals surface area contributed by atoms with Gasteiger partial charge in [0.2, 0.25) is 0 Å². The Morgan fingerprint density at radius 1 is 1.28 bits per heavy atom. The maximum Gasteiger partial charge on any atom is 0.134 e. The number of aromatic hydroxyl groups is 1. The van der Waals surface area contributed by atoms with Gasteiger partial charge in [0.1, 0.15) is 17.3 Å². The predicted molar refractivity (Wildman–Crippen MR) is 73.3 cm³/mol. The molecule has 0 saturated carbocycles. The molecule has 1 aromatic heterocycles. The third-order valence-electron chi connectivity index (χ3n) is 2.88. The predicted octanol–water partition coefficient (Wildman–Crippen LogP) is 4.43. The highest BCUT2D eigenvalue weighted by molar-refractivity contribution is 6.32. The van der Waals surface area contributed by atoms with Crippen molar-refractivity contribution in [1.29, 1.82) is 0 Å². The number of hydrogen-bond acceptors (Lipinski definition) is 3. The minimum absolute atomic E-state index is 0.0882. The second-order valence-electron chi connectivity index (χ2n) is 4.40. The van der Waals surface area contributed by atoms with Crippen LogP contribution in [-0.4, -0.2) is 5.11 Å². The van der Waals surface area contributed by atoms with E-state index in [0.29, 0.717) is 5.02 Å². The van der Waals surface area contributed by atoms with E-state index in [-0.39, 0.29) is 11.8 Å². The molecule has 96 valence electrons. The van der Waals surface area contributed by atoms with Crippen molar-refractivity contribution < 1.29 is 9.52 Å². The van der Waals surface area contributed by atoms with Gasteiger partial charge in [-0.05, 0) is 45.0 Å². The standard InChI is InChI=1S/C14H16ClNO2/c1-8-6-12(10(3)18-8)9(2)16-11-4-5-14(17)13(15)7-11/h4-7,9,16-17H,1-3H3. The smallest absolute Gasteiger partial charge is 0.134 e. The summed E-state index contributed by atoms with van der Waals surface area (Å²) in [4.78, 5) is 0. The van der Waals surface area contributed by atoms with E-state index >= 15 is 0 Å². The van der Waals surface area contributed by atoms with Crippen LogP contribution in [0.15, 0.2) is 28.7 Å². The van der Waals surface area contributed by atoms with Crippen molar-refractivity contribution in [2.24, 2.45) is 0 Å². The second-order valence-corrected chi connectivity index (χ2v) is 4.81. The zero-order valence-electron chi connectivity index (χ0n) is 10.6. The molecule has 0 radical (unpaired) electrons. The summed E-state index contributed by atoms with van der Waals surface area (Å²) in [5.74, 6) is 1.91. The zero-order chi connectivity index (χ0) is 13.3. The van der Waals surface area contributed by atoms with Crippen molar-refractivity contribution in [3.8, 4) is 5.75 Å². The summed E-state index contributed by atoms with van der Waals surface area (Å²) in [7, 11) is 0. The molecular weight excluding hydrogens is 250 g/mol. The van der Waals surface area contributed by atoms with Crippen LogP contribution in [0.1, 0.15) is 30.0 Å². The SMILES string of the molecule is Cc1cc(C(C)Nc2ccc(O)c(Cl)c2)c(C)o1. The number of nitrogens with one attached hydrogen (secondary N) is 1. The molecule has 0 spiro atoms. The minimum atomic E-state index is 0.0882. The van der Waals surface area contributed by atoms with E-state index in [1.807, 2.05) is 19.9 Å². The molecule has 1 atom stereocenters. The van der Waals surface area contributed by atoms with E-state index in [0.717, 1.165) is 22.8 Å². The number of rotatable bonds is 3. The van der Waals surface area contributed by atoms with Crippen molar-refractivity contribution in [2.45, 2.75) is 26.8 Å². The van der Waals surface area contributed by atoms with Crippen LogP contribution in [0.4, 0.5) is 5.69 Å². The Morgan fingerprint density at radius 2 is 2.00 bits per heavy atom. The first kappa shape index (κ1) is 12.8. The molecule has 0 fully saturated rings. The van der Waals surface area contributed by atoms with Crippen LogP contribution in [-0.2, 0) is 0 Å². The van der Waals surface area contributed by atoms with Crippen molar-refractivity contribution >= 4 is 17.3 Å². The van der Waals surface area contributed by atoms with Gasteiger partial charge in [-0.2, -0.15) is 0 Å². The number of hydrogen-bond donors (Lipinski definition) is 2. The van der Waals surface area contributed by atoms with Gasteiger partial charge in [-0.1, -0.05) is 11.6 Å². The highest BCUT2D eigenvalue weighted by Gasteiger charge is 2.12. The number of aryl methyl sites for hydroxylation is 2. The normalized spacial score (nSPS) is 12.4. The Morgan fingerprint density at radius 3 is 2.56 bits per heavy atom. The maximum absolute atomic E-state index is 9.37. The molecule has 2 aromatic rings. The van der Waals surface area contributed by atoms with Crippen LogP contribution < -0.4 is 5.32 Å². The van der Waals surface area contributed by atoms with Gasteiger partial charge < -0.3 is 14.8 Å². The molecule has 3 nitrogen and oxygen atoms in total. The lowest BCUT2D eigenvalue weighted by molar-refractivity contribution is 0.475. The number of phenolic OH excluding ortho intramolecular Hbond substituents is 1. The number of halogens is 1. The van der Waals surface area contributed by atoms with Gasteiger partial charge in [-0.15, -0.1) is 0 Å². The van der Waals surface area contributed by atoms with Crippen molar-refractivity contribution in [1.82, 2.24) is 0 Å². The summed E-state index contributed by atoms with van der Waals surface area (Å²) in [5, 5.41) is 13.0. The maximum atomic E-state index is 9.37. The lowest BCUT2D eigenvalue weighted by atomic mass is 10.1. The molecular formula is C14H16ClNO2. The fraction of sp³-hybridized carbons (Fsp3) is 0.286. The molecule has 0 aliphatic carbocycles. The van der Waals surface area contributed by atoms with Crippen LogP contribution in [0.5, 0.6) is 5.75 Å². The van der Waals surface area contributed by atoms with Crippen molar-refractivity contribution in [3.63, 3.8) is 0 Å². The van der Waals surface area contributed by atoms with Gasteiger partial charge in [0, 0.05) is 11.3 Å². The number of benzene rings is 1. The van der Waals surface area contributed by atoms with E-state index in [9.17, 15) is 5.11 Å². The van der Waals surface area contributed by atoms with E-state index < -0.39 is 0 Å². The average molecular weight is 266 g/mol. The Balaban J connectivity index is 2.18. The van der Waals surface area contributed by atoms with E-state index in [2.05, 4.69) is 12.2 Å². The highest BCUT2D eigenvalue weighted by Crippen LogP contribution is 2.29. The highest BCUT2D eigenvalue weighted by atomic mass is 35.5. The average Bonchev–Trinajstić information content (AvgIpc) is 2.63. The van der Waals surface area contributed by atoms with Gasteiger partial charge in [0.25, 0.3) is 0 Å². The molecule has 0 bridgehead atoms. The summed E-state index contributed by atoms with van der Waals surface area (Å²) in [6.07, 6.45) is 0. The third-order valence-corrected chi connectivity index (χ3v) is 3.18. The van der Waals surface area contributed by atoms with Crippen LogP contribution in [0, 0.1) is 13.8 Å². The first-order valence-electron chi connectivity index (χ1n) is 5.79. The first-order valence-corrected chi connectivity index (χ1v) is 6.17. The summed E-state index contributed by atoms with van der Waals surface area (Å²) in [6, 6.07) is 7.21. The second kappa shape index (κ2) is 4.94. The third kappa shape index (κ3) is 2.62. The quantitative estimate of drug-likeness (QED) is 0.807. The summed E-state index contributed by atoms with van der Waals surface area (Å²) < 4.78 is 5.51. The lowest BCUT2D eigenvalue weighted by Crippen LogP contribution is -2.06. The van der Waals surface area contributed by atoms with Crippen molar-refractivity contribution in [2.75, 3.05) is 5.32 Å². The molecule has 18 heavy (non-hydrogen) atoms. The van der Waals surface area contributed by atoms with Crippen LogP contribution in [0.2, 0.25) is 5.02 Å². The fourth-order valence-corrected chi connectivity index (χ4v) is 2.19. The minimum Gasteiger partial charge on any atom is -0.506 e. The van der Waals surface area contributed by atoms with Gasteiger partial charge in [-0.3, -0.25) is 0 Å². The van der Waals surface area contributed by atoms with Crippen molar-refractivity contribution in [3.05, 3.63) is 46.4 Å². The number of anilines is 1. The van der Waals surface area contributed by atoms with Crippen LogP contribution >= 0.6 is 11.6 Å². The first-order chi connectivity index (χ1) is 8.47. The molecule has 1 unspecified atom stereocenters. The molecule has 1 heterocycles. The molecule has 0 aliphatic rings. The molecule has 4 heteroatoms. The van der Waals surface area contributed by atoms with Crippen LogP contribution in [0.25, 0.3) is 0 Å². The zero-order valence-corrected chi connectivity index (χ0v) is 11.4. The Bertz CT molecular complexity index is 563. The van der Waals surface area contributed by atoms with E-state index in [1.54, 1.807) is 18.2 Å². The summed E-state index contributed by atoms with van der Waals surface area (Å²) in [5.41, 5.74) is 1.99. The van der Waals surface area contributed by atoms with Gasteiger partial charge >= 0.3 is 0 Å². The summed E-state index contributed by atoms with van der Waals surface area (Å²) in [6.45, 7) is 5.93. The molecule has 2 rings (SSSR count). The Labute approximate surface area is 111 Å². The van der Waals surface area contributed by atoms with Gasteiger partial charge in [-0.25, -0.2) is 0 Å². The summed E-state index contributed by atoms with van der Waals surface area (Å²) >= 11 is 5.87. The molecule has 0 aliphatic heterocycles. The number of phenols is 1. The van der Waals surface area contributed by atoms with E-state index in [4.69, 9.17) is 16.0 Å². The van der Waals surface area contributed by atoms with Gasteiger partial charge in [0.05, 0.1) is 11.1 Å². The molecule has 0 amide bonds. The van der Waals surface area contributed by atoms with Crippen LogP contribution in [0.3, 0.4) is 0 Å². The van der Waals surface area contributed by atoms with E-state index in [1.165, 1.54) is 0 Å². The number of furan rings is 1. The topological polar surface area (TPSA) is 45.4 Å². The fourth-order valence-electron chi connectivity index (χ4n) is 2.00. The lowest BCUT2D eigenvalue weighted by Gasteiger charge is -2.15. The molecule has 1 aromatic carbocycles. The molecule has 2 N–H and O–H groups in total.